The highest BCUT2D eigenvalue weighted by molar-refractivity contribution is 5.17. The number of fused-ring (bicyclic) bond motifs is 13. The Labute approximate surface area is 368 Å². The first kappa shape index (κ1) is 40.1. The van der Waals surface area contributed by atoms with Gasteiger partial charge in [-0.1, -0.05) is 89.9 Å². The molecule has 2 N–H and O–H groups in total. The number of nitrogens with zero attached hydrogens (tertiary/aromatic N) is 2. The molecule has 13 rings (SSSR count). The summed E-state index contributed by atoms with van der Waals surface area (Å²) in [5.74, 6) is 12.1. The van der Waals surface area contributed by atoms with Gasteiger partial charge in [0.15, 0.2) is 0 Å². The van der Waals surface area contributed by atoms with Gasteiger partial charge in [0.1, 0.15) is 0 Å². The normalized spacial score (nSPS) is 55.8. The van der Waals surface area contributed by atoms with Crippen LogP contribution in [0.5, 0.6) is 0 Å². The maximum absolute atomic E-state index is 4.57. The maximum Gasteiger partial charge on any atom is 0.0137 e. The van der Waals surface area contributed by atoms with E-state index in [1.807, 2.05) is 0 Å². The minimum absolute atomic E-state index is 0.844. The van der Waals surface area contributed by atoms with Crippen molar-refractivity contribution < 1.29 is 0 Å². The summed E-state index contributed by atoms with van der Waals surface area (Å²) in [6.45, 7) is 0. The highest BCUT2D eigenvalue weighted by Gasteiger charge is 2.64. The van der Waals surface area contributed by atoms with E-state index in [1.54, 1.807) is 103 Å². The minimum atomic E-state index is 0.844. The fourth-order valence-electron chi connectivity index (χ4n) is 22.0. The van der Waals surface area contributed by atoms with Gasteiger partial charge in [-0.15, -0.1) is 0 Å². The Kier molecular flexibility index (Phi) is 11.3. The van der Waals surface area contributed by atoms with Gasteiger partial charge in [0, 0.05) is 60.4 Å². The molecule has 9 aliphatic carbocycles. The van der Waals surface area contributed by atoms with Crippen LogP contribution in [-0.2, 0) is 0 Å². The lowest BCUT2D eigenvalue weighted by molar-refractivity contribution is -0.0280. The zero-order valence-electron chi connectivity index (χ0n) is 38.6. The van der Waals surface area contributed by atoms with Crippen molar-refractivity contribution in [3.8, 4) is 0 Å². The summed E-state index contributed by atoms with van der Waals surface area (Å²) in [4.78, 5) is 6.90. The number of rotatable bonds is 4. The van der Waals surface area contributed by atoms with Crippen molar-refractivity contribution in [1.29, 1.82) is 0 Å². The Balaban J connectivity index is 0.758. The summed E-state index contributed by atoms with van der Waals surface area (Å²) >= 11 is 0. The van der Waals surface area contributed by atoms with E-state index in [-0.39, 0.29) is 0 Å². The third kappa shape index (κ3) is 6.71. The number of likely N-dealkylation sites (tertiary alicyclic amines) is 2. The molecule has 4 saturated heterocycles. The van der Waals surface area contributed by atoms with E-state index in [0.717, 1.165) is 131 Å². The van der Waals surface area contributed by atoms with Crippen LogP contribution in [0.2, 0.25) is 0 Å². The van der Waals surface area contributed by atoms with Gasteiger partial charge < -0.3 is 10.6 Å². The summed E-state index contributed by atoms with van der Waals surface area (Å²) in [6, 6.07) is 8.90. The fourth-order valence-corrected chi connectivity index (χ4v) is 22.0. The van der Waals surface area contributed by atoms with Crippen molar-refractivity contribution in [2.75, 3.05) is 0 Å². The topological polar surface area (TPSA) is 30.5 Å². The van der Waals surface area contributed by atoms with Crippen LogP contribution in [0.3, 0.4) is 0 Å². The lowest BCUT2D eigenvalue weighted by atomic mass is 9.58. The van der Waals surface area contributed by atoms with Crippen molar-refractivity contribution in [2.45, 2.75) is 279 Å². The molecule has 0 amide bonds. The van der Waals surface area contributed by atoms with Gasteiger partial charge in [-0.25, -0.2) is 0 Å². The van der Waals surface area contributed by atoms with E-state index >= 15 is 0 Å². The summed E-state index contributed by atoms with van der Waals surface area (Å²) in [6.07, 6.45) is 52.3. The molecule has 60 heavy (non-hydrogen) atoms. The van der Waals surface area contributed by atoms with Crippen LogP contribution in [0, 0.1) is 71.0 Å². The second-order valence-electron chi connectivity index (χ2n) is 25.7. The van der Waals surface area contributed by atoms with Crippen molar-refractivity contribution in [2.24, 2.45) is 71.0 Å². The third-order valence-electron chi connectivity index (χ3n) is 23.6. The molecule has 4 heteroatoms. The molecule has 0 aromatic carbocycles. The Morgan fingerprint density at radius 1 is 0.267 bits per heavy atom. The van der Waals surface area contributed by atoms with E-state index in [4.69, 9.17) is 0 Å². The first-order valence-electron chi connectivity index (χ1n) is 28.9. The van der Waals surface area contributed by atoms with Gasteiger partial charge >= 0.3 is 0 Å². The van der Waals surface area contributed by atoms with Crippen molar-refractivity contribution >= 4 is 0 Å². The molecule has 0 bridgehead atoms. The minimum Gasteiger partial charge on any atom is -0.310 e. The second-order valence-corrected chi connectivity index (χ2v) is 25.7. The van der Waals surface area contributed by atoms with Gasteiger partial charge in [0.2, 0.25) is 0 Å². The van der Waals surface area contributed by atoms with E-state index in [2.05, 4.69) is 20.4 Å². The first-order chi connectivity index (χ1) is 29.8. The molecule has 0 aromatic heterocycles. The van der Waals surface area contributed by atoms with Crippen LogP contribution >= 0.6 is 0 Å². The van der Waals surface area contributed by atoms with Crippen LogP contribution in [0.15, 0.2) is 0 Å². The molecule has 22 atom stereocenters. The Bertz CT molecular complexity index is 1370. The molecule has 336 valence electrons. The zero-order valence-corrected chi connectivity index (χ0v) is 38.6. The van der Waals surface area contributed by atoms with E-state index < -0.39 is 0 Å². The van der Waals surface area contributed by atoms with Crippen LogP contribution in [0.25, 0.3) is 0 Å². The van der Waals surface area contributed by atoms with Gasteiger partial charge in [-0.05, 0) is 199 Å². The summed E-state index contributed by atoms with van der Waals surface area (Å²) < 4.78 is 0. The molecule has 13 aliphatic rings. The van der Waals surface area contributed by atoms with Crippen LogP contribution in [0.1, 0.15) is 218 Å². The van der Waals surface area contributed by atoms with Gasteiger partial charge in [-0.2, -0.15) is 0 Å². The molecular weight excluding hydrogens is 729 g/mol. The quantitative estimate of drug-likeness (QED) is 0.296. The highest BCUT2D eigenvalue weighted by Crippen LogP contribution is 2.62. The van der Waals surface area contributed by atoms with E-state index in [0.29, 0.717) is 0 Å². The average Bonchev–Trinajstić information content (AvgIpc) is 3.84. The second kappa shape index (κ2) is 16.9. The number of hydrogen-bond acceptors (Lipinski definition) is 4. The molecule has 0 aromatic rings. The molecule has 0 spiro atoms. The van der Waals surface area contributed by atoms with Gasteiger partial charge in [0.25, 0.3) is 0 Å². The third-order valence-corrected chi connectivity index (χ3v) is 23.6. The van der Waals surface area contributed by atoms with Crippen LogP contribution in [0.4, 0.5) is 0 Å². The van der Waals surface area contributed by atoms with Crippen LogP contribution < -0.4 is 10.6 Å². The summed E-state index contributed by atoms with van der Waals surface area (Å²) in [7, 11) is 0. The van der Waals surface area contributed by atoms with E-state index in [9.17, 15) is 0 Å². The summed E-state index contributed by atoms with van der Waals surface area (Å²) in [5.41, 5.74) is 0. The zero-order chi connectivity index (χ0) is 39.3. The molecule has 9 saturated carbocycles. The Morgan fingerprint density at radius 3 is 1.08 bits per heavy atom. The maximum atomic E-state index is 4.57. The van der Waals surface area contributed by atoms with E-state index in [1.165, 1.54) is 116 Å². The summed E-state index contributed by atoms with van der Waals surface area (Å²) in [5, 5.41) is 9.13. The van der Waals surface area contributed by atoms with Crippen molar-refractivity contribution in [1.82, 2.24) is 20.4 Å². The largest absolute Gasteiger partial charge is 0.310 e. The molecule has 4 aliphatic heterocycles. The predicted octanol–water partition coefficient (Wildman–Crippen LogP) is 12.3. The SMILES string of the molecule is C1CCC2C(C1)NC(C1CCCC(N3C4CCCCC4C4C5C6CCCCC6N(C6CCCC(C7NC8CCCCC8C8CCCCC87)C6)C5CCC43)C1)C1CCCCC21. The molecular formula is C56H92N4. The number of nitrogens with one attached hydrogen (secondary N) is 2. The monoisotopic (exact) mass is 821 g/mol. The van der Waals surface area contributed by atoms with Crippen LogP contribution in [-0.4, -0.2) is 70.2 Å². The molecule has 4 nitrogen and oxygen atoms in total. The molecule has 0 radical (unpaired) electrons. The molecule has 22 unspecified atom stereocenters. The number of piperidine rings is 2. The average molecular weight is 821 g/mol. The molecule has 13 fully saturated rings. The smallest absolute Gasteiger partial charge is 0.0137 e. The highest BCUT2D eigenvalue weighted by atomic mass is 15.3. The number of hydrogen-bond donors (Lipinski definition) is 2. The van der Waals surface area contributed by atoms with Gasteiger partial charge in [0.05, 0.1) is 0 Å². The predicted molar refractivity (Wildman–Crippen MR) is 247 cm³/mol. The lowest BCUT2D eigenvalue weighted by Gasteiger charge is -2.56. The Morgan fingerprint density at radius 2 is 0.633 bits per heavy atom. The lowest BCUT2D eigenvalue weighted by Crippen LogP contribution is -2.62. The standard InChI is InChI=1S/C56H92N4/c1-3-23-43-39(19-1)41-21-5-9-27-47(41)57-55(43)35-15-13-17-37(33-35)59-49-29-11-7-25-45(49)53-51(59)31-32-52-54(53)46-26-8-12-30-50(46)60(52)38-18-14-16-36(34-38)56-44-24-4-2-20-40(44)42-22-6-10-28-48(42)58-56/h35-58H,1-34H2. The first-order valence-corrected chi connectivity index (χ1v) is 28.9. The fraction of sp³-hybridized carbons (Fsp3) is 1.00. The molecule has 4 heterocycles. The van der Waals surface area contributed by atoms with Crippen molar-refractivity contribution in [3.63, 3.8) is 0 Å². The Hall–Kier alpha value is -0.160. The van der Waals surface area contributed by atoms with Crippen molar-refractivity contribution in [3.05, 3.63) is 0 Å². The van der Waals surface area contributed by atoms with Gasteiger partial charge in [-0.3, -0.25) is 9.80 Å².